The van der Waals surface area contributed by atoms with Gasteiger partial charge in [-0.05, 0) is 0 Å². The van der Waals surface area contributed by atoms with Gasteiger partial charge in [-0.3, -0.25) is 4.79 Å². The van der Waals surface area contributed by atoms with Gasteiger partial charge in [-0.1, -0.05) is 0 Å². The van der Waals surface area contributed by atoms with Crippen LogP contribution in [0.3, 0.4) is 0 Å². The van der Waals surface area contributed by atoms with Gasteiger partial charge in [-0.15, -0.1) is 24.0 Å². The lowest BCUT2D eigenvalue weighted by Gasteiger charge is -2.24. The fourth-order valence-electron chi connectivity index (χ4n) is 3.49. The number of rotatable bonds is 2. The van der Waals surface area contributed by atoms with Crippen molar-refractivity contribution in [2.45, 2.75) is 10.9 Å². The number of anilines is 1. The van der Waals surface area contributed by atoms with Gasteiger partial charge < -0.3 is 19.9 Å². The highest BCUT2D eigenvalue weighted by atomic mass is 127. The minimum absolute atomic E-state index is 0. The van der Waals surface area contributed by atoms with E-state index in [4.69, 9.17) is 4.74 Å². The van der Waals surface area contributed by atoms with Crippen molar-refractivity contribution in [3.63, 3.8) is 0 Å². The van der Waals surface area contributed by atoms with Crippen LogP contribution in [0.1, 0.15) is 10.5 Å². The minimum atomic E-state index is -3.97. The molecule has 0 saturated carbocycles. The van der Waals surface area contributed by atoms with E-state index in [9.17, 15) is 26.4 Å². The maximum absolute atomic E-state index is 13.4. The van der Waals surface area contributed by atoms with Crippen LogP contribution in [-0.4, -0.2) is 44.6 Å². The molecule has 1 aromatic heterocycles. The number of fused-ring (bicyclic) bond motifs is 2. The quantitative estimate of drug-likeness (QED) is 0.384. The molecule has 2 aliphatic rings. The summed E-state index contributed by atoms with van der Waals surface area (Å²) < 4.78 is 75.0. The van der Waals surface area contributed by atoms with Gasteiger partial charge >= 0.3 is 0 Å². The van der Waals surface area contributed by atoms with E-state index in [1.54, 1.807) is 0 Å². The van der Waals surface area contributed by atoms with Crippen molar-refractivity contribution >= 4 is 45.6 Å². The number of nitrogens with zero attached hydrogens (tertiary/aromatic N) is 1. The van der Waals surface area contributed by atoms with Crippen LogP contribution in [0.25, 0.3) is 0 Å². The van der Waals surface area contributed by atoms with E-state index >= 15 is 0 Å². The molecule has 4 rings (SSSR count). The number of halogens is 4. The third-order valence-electron chi connectivity index (χ3n) is 4.94. The second-order valence-corrected chi connectivity index (χ2v) is 8.63. The molecule has 2 aliphatic heterocycles. The van der Waals surface area contributed by atoms with Crippen LogP contribution in [0.15, 0.2) is 23.2 Å². The third kappa shape index (κ3) is 4.02. The fourth-order valence-corrected chi connectivity index (χ4v) is 4.99. The Morgan fingerprint density at radius 1 is 1.23 bits per heavy atom. The number of benzene rings is 1. The van der Waals surface area contributed by atoms with Crippen LogP contribution >= 0.6 is 24.0 Å². The van der Waals surface area contributed by atoms with E-state index in [0.717, 1.165) is 0 Å². The van der Waals surface area contributed by atoms with Gasteiger partial charge in [0.25, 0.3) is 5.91 Å². The highest BCUT2D eigenvalue weighted by molar-refractivity contribution is 14.0. The molecule has 30 heavy (non-hydrogen) atoms. The van der Waals surface area contributed by atoms with E-state index in [1.165, 1.54) is 17.8 Å². The van der Waals surface area contributed by atoms with Gasteiger partial charge in [-0.25, -0.2) is 26.3 Å². The van der Waals surface area contributed by atoms with Gasteiger partial charge in [0.05, 0.1) is 6.61 Å². The molecule has 3 heterocycles. The topological polar surface area (TPSA) is 101 Å². The number of aromatic nitrogens is 1. The molecule has 2 atom stereocenters. The zero-order chi connectivity index (χ0) is 20.9. The van der Waals surface area contributed by atoms with Gasteiger partial charge in [0, 0.05) is 56.1 Å². The normalized spacial score (nSPS) is 22.0. The molecule has 1 fully saturated rings. The Hall–Kier alpha value is -1.84. The fraction of sp³-hybridized carbons (Fsp3) is 0.353. The summed E-state index contributed by atoms with van der Waals surface area (Å²) in [6, 6.07) is 0.907. The van der Waals surface area contributed by atoms with Crippen LogP contribution in [0.2, 0.25) is 0 Å². The average Bonchev–Trinajstić information content (AvgIpc) is 3.20. The summed E-state index contributed by atoms with van der Waals surface area (Å²) in [4.78, 5) is 12.5. The Morgan fingerprint density at radius 3 is 2.57 bits per heavy atom. The Morgan fingerprint density at radius 2 is 1.90 bits per heavy atom. The first kappa shape index (κ1) is 22.8. The van der Waals surface area contributed by atoms with Crippen molar-refractivity contribution in [1.82, 2.24) is 14.6 Å². The molecule has 1 aromatic carbocycles. The third-order valence-corrected chi connectivity index (χ3v) is 6.42. The van der Waals surface area contributed by atoms with E-state index in [2.05, 4.69) is 15.4 Å². The van der Waals surface area contributed by atoms with E-state index in [1.807, 2.05) is 0 Å². The number of aryl methyl sites for hydroxylation is 1. The predicted molar refractivity (Wildman–Crippen MR) is 111 cm³/mol. The number of amides is 1. The zero-order valence-electron chi connectivity index (χ0n) is 15.5. The monoisotopic (exact) mass is 558 g/mol. The van der Waals surface area contributed by atoms with E-state index in [-0.39, 0.29) is 64.6 Å². The van der Waals surface area contributed by atoms with E-state index in [0.29, 0.717) is 25.2 Å². The molecule has 0 bridgehead atoms. The van der Waals surface area contributed by atoms with Gasteiger partial charge in [0.15, 0.2) is 28.9 Å². The molecule has 0 radical (unpaired) electrons. The Bertz CT molecular complexity index is 1090. The standard InChI is InChI=1S/C17H17F3N4O4S.HI/c1-24-6-13-16(28-7-8-4-21-5-12(8)23-29(13,26)27)15(24)17(25)22-9-2-10(18)14(20)11(19)3-9;/h2-3,6,8,12,21,23H,4-5,7H2,1H3,(H,22,25);1H/t8-,12-;/m1./s1. The van der Waals surface area contributed by atoms with Crippen molar-refractivity contribution in [2.24, 2.45) is 13.0 Å². The van der Waals surface area contributed by atoms with Crippen molar-refractivity contribution in [3.8, 4) is 5.75 Å². The number of carbonyl (C=O) groups excluding carboxylic acids is 1. The molecular weight excluding hydrogens is 540 g/mol. The lowest BCUT2D eigenvalue weighted by Crippen LogP contribution is -2.43. The molecular formula is C17H18F3IN4O4S. The van der Waals surface area contributed by atoms with Crippen molar-refractivity contribution in [2.75, 3.05) is 25.0 Å². The first-order chi connectivity index (χ1) is 13.7. The summed E-state index contributed by atoms with van der Waals surface area (Å²) in [7, 11) is -2.53. The number of hydrogen-bond acceptors (Lipinski definition) is 5. The molecule has 2 aromatic rings. The van der Waals surface area contributed by atoms with Crippen molar-refractivity contribution in [3.05, 3.63) is 41.5 Å². The average molecular weight is 558 g/mol. The molecule has 13 heteroatoms. The summed E-state index contributed by atoms with van der Waals surface area (Å²) >= 11 is 0. The smallest absolute Gasteiger partial charge is 0.276 e. The Kier molecular flexibility index (Phi) is 6.36. The lowest BCUT2D eigenvalue weighted by atomic mass is 10.1. The summed E-state index contributed by atoms with van der Waals surface area (Å²) in [6.07, 6.45) is 1.22. The highest BCUT2D eigenvalue weighted by Crippen LogP contribution is 2.34. The number of nitrogens with one attached hydrogen (secondary N) is 3. The van der Waals surface area contributed by atoms with Crippen LogP contribution in [0.5, 0.6) is 5.75 Å². The molecule has 3 N–H and O–H groups in total. The number of carbonyl (C=O) groups is 1. The summed E-state index contributed by atoms with van der Waals surface area (Å²) in [5.41, 5.74) is -0.479. The van der Waals surface area contributed by atoms with Crippen LogP contribution in [-0.2, 0) is 17.1 Å². The van der Waals surface area contributed by atoms with Crippen molar-refractivity contribution in [1.29, 1.82) is 0 Å². The summed E-state index contributed by atoms with van der Waals surface area (Å²) in [6.45, 7) is 1.17. The van der Waals surface area contributed by atoms with Gasteiger partial charge in [0.2, 0.25) is 10.0 Å². The Balaban J connectivity index is 0.00000256. The molecule has 1 saturated heterocycles. The first-order valence-electron chi connectivity index (χ1n) is 8.68. The number of hydrogen-bond donors (Lipinski definition) is 3. The van der Waals surface area contributed by atoms with E-state index < -0.39 is 33.4 Å². The zero-order valence-corrected chi connectivity index (χ0v) is 18.7. The SMILES string of the molecule is Cn1cc2c(c1C(=O)Nc1cc(F)c(F)c(F)c1)OC[C@H]1CNC[C@H]1NS2(=O)=O.I. The number of sulfonamides is 1. The van der Waals surface area contributed by atoms with Crippen LogP contribution < -0.4 is 20.1 Å². The molecule has 164 valence electrons. The van der Waals surface area contributed by atoms with Crippen LogP contribution in [0.4, 0.5) is 18.9 Å². The highest BCUT2D eigenvalue weighted by Gasteiger charge is 2.38. The predicted octanol–water partition coefficient (Wildman–Crippen LogP) is 1.57. The lowest BCUT2D eigenvalue weighted by molar-refractivity contribution is 0.101. The maximum atomic E-state index is 13.4. The molecule has 0 unspecified atom stereocenters. The number of ether oxygens (including phenoxy) is 1. The molecule has 8 nitrogen and oxygen atoms in total. The van der Waals surface area contributed by atoms with Crippen molar-refractivity contribution < 1.29 is 31.1 Å². The molecule has 1 amide bonds. The second-order valence-electron chi connectivity index (χ2n) is 6.95. The van der Waals surface area contributed by atoms with Crippen LogP contribution in [0, 0.1) is 23.4 Å². The molecule has 0 spiro atoms. The second kappa shape index (κ2) is 8.36. The molecule has 0 aliphatic carbocycles. The largest absolute Gasteiger partial charge is 0.489 e. The Labute approximate surface area is 187 Å². The minimum Gasteiger partial charge on any atom is -0.489 e. The summed E-state index contributed by atoms with van der Waals surface area (Å²) in [5, 5.41) is 5.32. The maximum Gasteiger partial charge on any atom is 0.276 e. The van der Waals surface area contributed by atoms with Gasteiger partial charge in [0.1, 0.15) is 4.90 Å². The van der Waals surface area contributed by atoms with Gasteiger partial charge in [-0.2, -0.15) is 0 Å². The first-order valence-corrected chi connectivity index (χ1v) is 10.2. The summed E-state index contributed by atoms with van der Waals surface area (Å²) in [5.74, 6) is -5.75.